The van der Waals surface area contributed by atoms with Crippen LogP contribution in [0.1, 0.15) is 65.1 Å². The lowest BCUT2D eigenvalue weighted by Crippen LogP contribution is -2.46. The number of carbonyl (C=O) groups excluding carboxylic acids is 1. The van der Waals surface area contributed by atoms with Crippen LogP contribution >= 0.6 is 11.8 Å². The first-order valence-electron chi connectivity index (χ1n) is 8.47. The van der Waals surface area contributed by atoms with E-state index in [1.54, 1.807) is 0 Å². The predicted molar refractivity (Wildman–Crippen MR) is 90.0 cm³/mol. The predicted octanol–water partition coefficient (Wildman–Crippen LogP) is 3.42. The van der Waals surface area contributed by atoms with Gasteiger partial charge in [0.15, 0.2) is 0 Å². The highest BCUT2D eigenvalue weighted by Gasteiger charge is 2.27. The Balaban J connectivity index is 1.89. The highest BCUT2D eigenvalue weighted by molar-refractivity contribution is 7.99. The Kier molecular flexibility index (Phi) is 6.73. The van der Waals surface area contributed by atoms with Crippen molar-refractivity contribution in [2.24, 2.45) is 0 Å². The molecule has 6 heteroatoms. The third kappa shape index (κ3) is 4.73. The Morgan fingerprint density at radius 3 is 2.73 bits per heavy atom. The van der Waals surface area contributed by atoms with Crippen molar-refractivity contribution >= 4 is 17.7 Å². The highest BCUT2D eigenvalue weighted by Crippen LogP contribution is 2.25. The molecule has 0 unspecified atom stereocenters. The average molecular weight is 324 g/mol. The SMILES string of the molecule is CCCc1nc(SCC(=O)N(C(C)C)C2CCCCC2)n[nH]1. The quantitative estimate of drug-likeness (QED) is 0.781. The van der Waals surface area contributed by atoms with E-state index in [1.165, 1.54) is 31.0 Å². The highest BCUT2D eigenvalue weighted by atomic mass is 32.2. The molecule has 2 rings (SSSR count). The number of amides is 1. The second-order valence-electron chi connectivity index (χ2n) is 6.29. The van der Waals surface area contributed by atoms with Crippen LogP contribution in [0, 0.1) is 0 Å². The minimum Gasteiger partial charge on any atom is -0.337 e. The number of nitrogens with zero attached hydrogens (tertiary/aromatic N) is 3. The number of hydrogen-bond acceptors (Lipinski definition) is 4. The summed E-state index contributed by atoms with van der Waals surface area (Å²) in [7, 11) is 0. The van der Waals surface area contributed by atoms with Gasteiger partial charge < -0.3 is 4.90 Å². The summed E-state index contributed by atoms with van der Waals surface area (Å²) in [5.74, 6) is 1.55. The van der Waals surface area contributed by atoms with Gasteiger partial charge in [0.2, 0.25) is 11.1 Å². The van der Waals surface area contributed by atoms with Gasteiger partial charge in [0, 0.05) is 18.5 Å². The number of carbonyl (C=O) groups is 1. The summed E-state index contributed by atoms with van der Waals surface area (Å²) in [6.45, 7) is 6.34. The minimum absolute atomic E-state index is 0.216. The summed E-state index contributed by atoms with van der Waals surface area (Å²) in [6.07, 6.45) is 8.04. The number of thioether (sulfide) groups is 1. The van der Waals surface area contributed by atoms with E-state index in [0.29, 0.717) is 17.0 Å². The average Bonchev–Trinajstić information content (AvgIpc) is 2.94. The third-order valence-electron chi connectivity index (χ3n) is 4.14. The summed E-state index contributed by atoms with van der Waals surface area (Å²) in [6, 6.07) is 0.684. The second kappa shape index (κ2) is 8.56. The molecular weight excluding hydrogens is 296 g/mol. The molecule has 0 aromatic carbocycles. The molecular formula is C16H28N4OS. The van der Waals surface area contributed by atoms with Gasteiger partial charge in [0.05, 0.1) is 5.75 Å². The molecule has 5 nitrogen and oxygen atoms in total. The fraction of sp³-hybridized carbons (Fsp3) is 0.812. The number of aryl methyl sites for hydroxylation is 1. The molecule has 1 aromatic heterocycles. The molecule has 1 heterocycles. The van der Waals surface area contributed by atoms with Crippen LogP contribution in [0.3, 0.4) is 0 Å². The number of nitrogens with one attached hydrogen (secondary N) is 1. The van der Waals surface area contributed by atoms with Crippen molar-refractivity contribution in [2.75, 3.05) is 5.75 Å². The van der Waals surface area contributed by atoms with Crippen LogP contribution in [-0.2, 0) is 11.2 Å². The molecule has 1 aromatic rings. The Morgan fingerprint density at radius 2 is 2.09 bits per heavy atom. The van der Waals surface area contributed by atoms with Crippen LogP contribution < -0.4 is 0 Å². The van der Waals surface area contributed by atoms with Crippen molar-refractivity contribution in [2.45, 2.75) is 83.0 Å². The third-order valence-corrected chi connectivity index (χ3v) is 4.97. The Morgan fingerprint density at radius 1 is 1.36 bits per heavy atom. The maximum atomic E-state index is 12.6. The zero-order valence-corrected chi connectivity index (χ0v) is 14.8. The minimum atomic E-state index is 0.216. The van der Waals surface area contributed by atoms with Crippen molar-refractivity contribution < 1.29 is 4.79 Å². The molecule has 1 saturated carbocycles. The lowest BCUT2D eigenvalue weighted by Gasteiger charge is -2.37. The Labute approximate surface area is 137 Å². The molecule has 1 amide bonds. The monoisotopic (exact) mass is 324 g/mol. The van der Waals surface area contributed by atoms with E-state index >= 15 is 0 Å². The second-order valence-corrected chi connectivity index (χ2v) is 7.23. The smallest absolute Gasteiger partial charge is 0.233 e. The first kappa shape index (κ1) is 17.3. The maximum absolute atomic E-state index is 12.6. The maximum Gasteiger partial charge on any atom is 0.233 e. The lowest BCUT2D eigenvalue weighted by molar-refractivity contribution is -0.133. The van der Waals surface area contributed by atoms with Crippen molar-refractivity contribution in [1.82, 2.24) is 20.1 Å². The topological polar surface area (TPSA) is 61.9 Å². The number of H-pyrrole nitrogens is 1. The molecule has 0 bridgehead atoms. The largest absolute Gasteiger partial charge is 0.337 e. The van der Waals surface area contributed by atoms with E-state index in [4.69, 9.17) is 0 Å². The zero-order chi connectivity index (χ0) is 15.9. The molecule has 0 spiro atoms. The summed E-state index contributed by atoms with van der Waals surface area (Å²) < 4.78 is 0. The summed E-state index contributed by atoms with van der Waals surface area (Å²) in [5, 5.41) is 7.80. The van der Waals surface area contributed by atoms with Crippen LogP contribution in [0.5, 0.6) is 0 Å². The molecule has 1 aliphatic rings. The molecule has 0 saturated heterocycles. The summed E-state index contributed by atoms with van der Waals surface area (Å²) >= 11 is 1.44. The van der Waals surface area contributed by atoms with Crippen LogP contribution in [0.25, 0.3) is 0 Å². The van der Waals surface area contributed by atoms with E-state index in [1.807, 2.05) is 0 Å². The van der Waals surface area contributed by atoms with Gasteiger partial charge in [-0.1, -0.05) is 37.9 Å². The molecule has 1 fully saturated rings. The fourth-order valence-electron chi connectivity index (χ4n) is 3.16. The molecule has 0 aliphatic heterocycles. The van der Waals surface area contributed by atoms with Gasteiger partial charge in [-0.2, -0.15) is 0 Å². The van der Waals surface area contributed by atoms with E-state index < -0.39 is 0 Å². The van der Waals surface area contributed by atoms with Crippen LogP contribution in [0.15, 0.2) is 5.16 Å². The number of aromatic nitrogens is 3. The first-order valence-corrected chi connectivity index (χ1v) is 9.45. The van der Waals surface area contributed by atoms with Gasteiger partial charge in [0.1, 0.15) is 5.82 Å². The van der Waals surface area contributed by atoms with Gasteiger partial charge in [0.25, 0.3) is 0 Å². The van der Waals surface area contributed by atoms with Crippen molar-refractivity contribution in [3.8, 4) is 0 Å². The van der Waals surface area contributed by atoms with Crippen molar-refractivity contribution in [3.05, 3.63) is 5.82 Å². The van der Waals surface area contributed by atoms with E-state index in [9.17, 15) is 4.79 Å². The van der Waals surface area contributed by atoms with Gasteiger partial charge in [-0.25, -0.2) is 4.98 Å². The molecule has 0 atom stereocenters. The van der Waals surface area contributed by atoms with Crippen molar-refractivity contribution in [1.29, 1.82) is 0 Å². The van der Waals surface area contributed by atoms with E-state index in [0.717, 1.165) is 31.5 Å². The first-order chi connectivity index (χ1) is 10.6. The molecule has 22 heavy (non-hydrogen) atoms. The van der Waals surface area contributed by atoms with Crippen LogP contribution in [0.2, 0.25) is 0 Å². The Bertz CT molecular complexity index is 468. The van der Waals surface area contributed by atoms with Gasteiger partial charge >= 0.3 is 0 Å². The van der Waals surface area contributed by atoms with Gasteiger partial charge in [-0.3, -0.25) is 9.89 Å². The number of rotatable bonds is 7. The molecule has 1 aliphatic carbocycles. The summed E-state index contributed by atoms with van der Waals surface area (Å²) in [5.41, 5.74) is 0. The van der Waals surface area contributed by atoms with E-state index in [-0.39, 0.29) is 11.9 Å². The Hall–Kier alpha value is -1.04. The molecule has 124 valence electrons. The summed E-state index contributed by atoms with van der Waals surface area (Å²) in [4.78, 5) is 19.1. The lowest BCUT2D eigenvalue weighted by atomic mass is 9.93. The van der Waals surface area contributed by atoms with Crippen LogP contribution in [-0.4, -0.2) is 43.8 Å². The fourth-order valence-corrected chi connectivity index (χ4v) is 3.85. The number of hydrogen-bond donors (Lipinski definition) is 1. The van der Waals surface area contributed by atoms with Crippen molar-refractivity contribution in [3.63, 3.8) is 0 Å². The van der Waals surface area contributed by atoms with E-state index in [2.05, 4.69) is 40.9 Å². The normalized spacial score (nSPS) is 16.2. The van der Waals surface area contributed by atoms with Gasteiger partial charge in [-0.05, 0) is 33.1 Å². The molecule has 0 radical (unpaired) electrons. The molecule has 1 N–H and O–H groups in total. The standard InChI is InChI=1S/C16H28N4OS/c1-4-8-14-17-16(19-18-14)22-11-15(21)20(12(2)3)13-9-6-5-7-10-13/h12-13H,4-11H2,1-3H3,(H,17,18,19). The number of aromatic amines is 1. The zero-order valence-electron chi connectivity index (χ0n) is 14.0. The van der Waals surface area contributed by atoms with Crippen LogP contribution in [0.4, 0.5) is 0 Å². The van der Waals surface area contributed by atoms with Gasteiger partial charge in [-0.15, -0.1) is 5.10 Å².